The molecule has 166 valence electrons. The second kappa shape index (κ2) is 8.56. The van der Waals surface area contributed by atoms with Crippen LogP contribution in [0.1, 0.15) is 39.5 Å². The van der Waals surface area contributed by atoms with Gasteiger partial charge in [0.25, 0.3) is 5.91 Å². The molecule has 1 aromatic carbocycles. The zero-order chi connectivity index (χ0) is 22.1. The number of benzene rings is 1. The van der Waals surface area contributed by atoms with Crippen molar-refractivity contribution in [3.05, 3.63) is 18.2 Å². The number of anilines is 1. The minimum absolute atomic E-state index is 0.312. The van der Waals surface area contributed by atoms with Gasteiger partial charge in [-0.2, -0.15) is 0 Å². The molecule has 4 rings (SSSR count). The predicted molar refractivity (Wildman–Crippen MR) is 108 cm³/mol. The van der Waals surface area contributed by atoms with Crippen molar-refractivity contribution in [1.29, 1.82) is 0 Å². The SMILES string of the molecule is C[C@H](OC(=O)[C@H](C)N1C(=O)[C@H]2CCCC[C@H]2C1=O)C(=O)Nc1ccc2c(c1)OCCO2. The highest BCUT2D eigenvalue weighted by molar-refractivity contribution is 6.08. The number of ether oxygens (including phenoxy) is 3. The van der Waals surface area contributed by atoms with Gasteiger partial charge in [-0.15, -0.1) is 0 Å². The van der Waals surface area contributed by atoms with Crippen LogP contribution in [0.15, 0.2) is 18.2 Å². The lowest BCUT2D eigenvalue weighted by atomic mass is 9.81. The summed E-state index contributed by atoms with van der Waals surface area (Å²) < 4.78 is 16.2. The maximum atomic E-state index is 12.7. The summed E-state index contributed by atoms with van der Waals surface area (Å²) in [4.78, 5) is 51.4. The average Bonchev–Trinajstić information content (AvgIpc) is 3.03. The number of hydrogen-bond donors (Lipinski definition) is 1. The van der Waals surface area contributed by atoms with Gasteiger partial charge in [0.2, 0.25) is 11.8 Å². The van der Waals surface area contributed by atoms with Crippen molar-refractivity contribution in [2.75, 3.05) is 18.5 Å². The Morgan fingerprint density at radius 2 is 1.65 bits per heavy atom. The molecule has 9 heteroatoms. The first-order chi connectivity index (χ1) is 14.9. The molecule has 4 atom stereocenters. The Morgan fingerprint density at radius 1 is 1.03 bits per heavy atom. The highest BCUT2D eigenvalue weighted by Gasteiger charge is 2.51. The van der Waals surface area contributed by atoms with Crippen LogP contribution in [0.2, 0.25) is 0 Å². The van der Waals surface area contributed by atoms with Crippen LogP contribution in [-0.4, -0.2) is 54.0 Å². The fraction of sp³-hybridized carbons (Fsp3) is 0.545. The first-order valence-electron chi connectivity index (χ1n) is 10.6. The van der Waals surface area contributed by atoms with Crippen LogP contribution in [0, 0.1) is 11.8 Å². The lowest BCUT2D eigenvalue weighted by molar-refractivity contribution is -0.163. The molecule has 9 nitrogen and oxygen atoms in total. The molecule has 0 unspecified atom stereocenters. The lowest BCUT2D eigenvalue weighted by Gasteiger charge is -2.23. The van der Waals surface area contributed by atoms with Gasteiger partial charge in [-0.1, -0.05) is 12.8 Å². The molecule has 0 radical (unpaired) electrons. The van der Waals surface area contributed by atoms with E-state index in [1.165, 1.54) is 13.8 Å². The highest BCUT2D eigenvalue weighted by Crippen LogP contribution is 2.39. The molecule has 1 saturated carbocycles. The van der Waals surface area contributed by atoms with Crippen LogP contribution >= 0.6 is 0 Å². The van der Waals surface area contributed by atoms with Gasteiger partial charge in [0.15, 0.2) is 17.6 Å². The minimum Gasteiger partial charge on any atom is -0.486 e. The molecule has 1 saturated heterocycles. The summed E-state index contributed by atoms with van der Waals surface area (Å²) in [7, 11) is 0. The number of esters is 1. The van der Waals surface area contributed by atoms with Gasteiger partial charge in [0, 0.05) is 11.8 Å². The van der Waals surface area contributed by atoms with E-state index in [1.54, 1.807) is 18.2 Å². The van der Waals surface area contributed by atoms with Crippen LogP contribution in [0.3, 0.4) is 0 Å². The molecule has 0 aromatic heterocycles. The molecular weight excluding hydrogens is 404 g/mol. The number of hydrogen-bond acceptors (Lipinski definition) is 7. The van der Waals surface area contributed by atoms with Crippen LogP contribution in [0.25, 0.3) is 0 Å². The van der Waals surface area contributed by atoms with Gasteiger partial charge in [-0.25, -0.2) is 4.79 Å². The van der Waals surface area contributed by atoms with E-state index >= 15 is 0 Å². The quantitative estimate of drug-likeness (QED) is 0.561. The third kappa shape index (κ3) is 4.08. The molecule has 0 spiro atoms. The molecule has 0 bridgehead atoms. The van der Waals surface area contributed by atoms with Crippen molar-refractivity contribution in [3.8, 4) is 11.5 Å². The summed E-state index contributed by atoms with van der Waals surface area (Å²) in [6, 6.07) is 3.90. The summed E-state index contributed by atoms with van der Waals surface area (Å²) in [5, 5.41) is 2.66. The Hall–Kier alpha value is -3.10. The van der Waals surface area contributed by atoms with E-state index in [0.29, 0.717) is 43.2 Å². The molecule has 1 aromatic rings. The molecule has 3 amide bonds. The summed E-state index contributed by atoms with van der Waals surface area (Å²) in [6.07, 6.45) is 2.04. The highest BCUT2D eigenvalue weighted by atomic mass is 16.6. The largest absolute Gasteiger partial charge is 0.486 e. The van der Waals surface area contributed by atoms with Gasteiger partial charge in [0.05, 0.1) is 11.8 Å². The first-order valence-corrected chi connectivity index (χ1v) is 10.6. The molecule has 1 N–H and O–H groups in total. The Balaban J connectivity index is 1.36. The van der Waals surface area contributed by atoms with E-state index in [9.17, 15) is 19.2 Å². The smallest absolute Gasteiger partial charge is 0.329 e. The van der Waals surface area contributed by atoms with Gasteiger partial charge < -0.3 is 19.5 Å². The Morgan fingerprint density at radius 3 is 2.29 bits per heavy atom. The van der Waals surface area contributed by atoms with E-state index in [4.69, 9.17) is 14.2 Å². The third-order valence-electron chi connectivity index (χ3n) is 6.08. The van der Waals surface area contributed by atoms with E-state index < -0.39 is 24.0 Å². The zero-order valence-corrected chi connectivity index (χ0v) is 17.6. The Bertz CT molecular complexity index is 891. The molecule has 3 aliphatic rings. The maximum absolute atomic E-state index is 12.7. The molecule has 31 heavy (non-hydrogen) atoms. The van der Waals surface area contributed by atoms with E-state index in [2.05, 4.69) is 5.32 Å². The maximum Gasteiger partial charge on any atom is 0.329 e. The van der Waals surface area contributed by atoms with Gasteiger partial charge >= 0.3 is 5.97 Å². The normalized spacial score (nSPS) is 24.3. The van der Waals surface area contributed by atoms with Crippen LogP contribution in [0.4, 0.5) is 5.69 Å². The number of likely N-dealkylation sites (tertiary alicyclic amines) is 1. The van der Waals surface area contributed by atoms with Crippen molar-refractivity contribution >= 4 is 29.4 Å². The number of imide groups is 1. The third-order valence-corrected chi connectivity index (χ3v) is 6.08. The average molecular weight is 430 g/mol. The molecular formula is C22H26N2O7. The number of carbonyl (C=O) groups excluding carboxylic acids is 4. The fourth-order valence-corrected chi connectivity index (χ4v) is 4.37. The number of nitrogens with one attached hydrogen (secondary N) is 1. The number of rotatable bonds is 5. The first kappa shape index (κ1) is 21.1. The summed E-state index contributed by atoms with van der Waals surface area (Å²) >= 11 is 0. The second-order valence-electron chi connectivity index (χ2n) is 8.15. The summed E-state index contributed by atoms with van der Waals surface area (Å²) in [5.74, 6) is -1.51. The number of amides is 3. The summed E-state index contributed by atoms with van der Waals surface area (Å²) in [6.45, 7) is 3.78. The molecule has 2 aliphatic heterocycles. The predicted octanol–water partition coefficient (Wildman–Crippen LogP) is 1.89. The second-order valence-corrected chi connectivity index (χ2v) is 8.15. The van der Waals surface area contributed by atoms with Crippen LogP contribution in [0.5, 0.6) is 11.5 Å². The van der Waals surface area contributed by atoms with Crippen molar-refractivity contribution in [2.45, 2.75) is 51.7 Å². The van der Waals surface area contributed by atoms with Crippen molar-refractivity contribution in [3.63, 3.8) is 0 Å². The van der Waals surface area contributed by atoms with Crippen molar-refractivity contribution < 1.29 is 33.4 Å². The molecule has 2 fully saturated rings. The monoisotopic (exact) mass is 430 g/mol. The zero-order valence-electron chi connectivity index (χ0n) is 17.6. The standard InChI is InChI=1S/C22H26N2O7/c1-12(24-20(26)15-5-3-4-6-16(15)21(24)27)22(28)31-13(2)19(25)23-14-7-8-17-18(11-14)30-10-9-29-17/h7-8,11-13,15-16H,3-6,9-10H2,1-2H3,(H,23,25)/t12-,13-,15-,16+/m0/s1. The number of carbonyl (C=O) groups is 4. The topological polar surface area (TPSA) is 111 Å². The van der Waals surface area contributed by atoms with E-state index in [1.807, 2.05) is 0 Å². The van der Waals surface area contributed by atoms with Crippen molar-refractivity contribution in [1.82, 2.24) is 4.90 Å². The Labute approximate surface area is 180 Å². The fourth-order valence-electron chi connectivity index (χ4n) is 4.37. The number of fused-ring (bicyclic) bond motifs is 2. The minimum atomic E-state index is -1.11. The van der Waals surface area contributed by atoms with Crippen LogP contribution < -0.4 is 14.8 Å². The van der Waals surface area contributed by atoms with E-state index in [0.717, 1.165) is 17.7 Å². The van der Waals surface area contributed by atoms with Crippen molar-refractivity contribution in [2.24, 2.45) is 11.8 Å². The molecule has 2 heterocycles. The van der Waals surface area contributed by atoms with Gasteiger partial charge in [-0.3, -0.25) is 19.3 Å². The van der Waals surface area contributed by atoms with Crippen LogP contribution in [-0.2, 0) is 23.9 Å². The lowest BCUT2D eigenvalue weighted by Crippen LogP contribution is -2.46. The summed E-state index contributed by atoms with van der Waals surface area (Å²) in [5.41, 5.74) is 0.471. The Kier molecular flexibility index (Phi) is 5.84. The van der Waals surface area contributed by atoms with Gasteiger partial charge in [-0.05, 0) is 38.8 Å². The van der Waals surface area contributed by atoms with E-state index in [-0.39, 0.29) is 23.7 Å². The number of nitrogens with zero attached hydrogens (tertiary/aromatic N) is 1. The molecule has 1 aliphatic carbocycles. The van der Waals surface area contributed by atoms with Gasteiger partial charge in [0.1, 0.15) is 19.3 Å².